The SMILES string of the molecule is O=C(NCCO)NCC1(c2ccccc2F)CC1. The second-order valence-corrected chi connectivity index (χ2v) is 4.59. The number of aliphatic hydroxyl groups is 1. The maximum atomic E-state index is 13.7. The van der Waals surface area contributed by atoms with Crippen molar-refractivity contribution in [2.24, 2.45) is 0 Å². The van der Waals surface area contributed by atoms with E-state index in [1.807, 2.05) is 6.07 Å². The largest absolute Gasteiger partial charge is 0.395 e. The van der Waals surface area contributed by atoms with Crippen molar-refractivity contribution in [2.75, 3.05) is 19.7 Å². The van der Waals surface area contributed by atoms with Gasteiger partial charge < -0.3 is 15.7 Å². The highest BCUT2D eigenvalue weighted by Crippen LogP contribution is 2.48. The molecular weight excluding hydrogens is 235 g/mol. The lowest BCUT2D eigenvalue weighted by molar-refractivity contribution is 0.233. The van der Waals surface area contributed by atoms with Crippen molar-refractivity contribution >= 4 is 6.03 Å². The molecule has 98 valence electrons. The first-order chi connectivity index (χ1) is 8.68. The molecule has 2 amide bonds. The summed E-state index contributed by atoms with van der Waals surface area (Å²) in [6.07, 6.45) is 1.77. The second kappa shape index (κ2) is 5.35. The van der Waals surface area contributed by atoms with Crippen molar-refractivity contribution < 1.29 is 14.3 Å². The Morgan fingerprint density at radius 2 is 2.06 bits per heavy atom. The molecule has 0 heterocycles. The van der Waals surface area contributed by atoms with E-state index >= 15 is 0 Å². The fourth-order valence-corrected chi connectivity index (χ4v) is 2.06. The van der Waals surface area contributed by atoms with E-state index in [0.29, 0.717) is 12.1 Å². The van der Waals surface area contributed by atoms with Crippen LogP contribution < -0.4 is 10.6 Å². The van der Waals surface area contributed by atoms with Crippen LogP contribution in [0.25, 0.3) is 0 Å². The zero-order valence-corrected chi connectivity index (χ0v) is 10.1. The predicted molar refractivity (Wildman–Crippen MR) is 65.8 cm³/mol. The van der Waals surface area contributed by atoms with E-state index in [-0.39, 0.29) is 30.4 Å². The van der Waals surface area contributed by atoms with Crippen LogP contribution in [0.15, 0.2) is 24.3 Å². The van der Waals surface area contributed by atoms with Crippen molar-refractivity contribution in [3.8, 4) is 0 Å². The first kappa shape index (κ1) is 12.8. The molecule has 0 aliphatic heterocycles. The molecule has 0 spiro atoms. The van der Waals surface area contributed by atoms with Crippen LogP contribution in [0.5, 0.6) is 0 Å². The zero-order valence-electron chi connectivity index (χ0n) is 10.1. The fraction of sp³-hybridized carbons (Fsp3) is 0.462. The quantitative estimate of drug-likeness (QED) is 0.736. The van der Waals surface area contributed by atoms with Gasteiger partial charge in [-0.2, -0.15) is 0 Å². The molecule has 0 atom stereocenters. The number of nitrogens with one attached hydrogen (secondary N) is 2. The molecule has 1 fully saturated rings. The van der Waals surface area contributed by atoms with Gasteiger partial charge >= 0.3 is 6.03 Å². The summed E-state index contributed by atoms with van der Waals surface area (Å²) in [4.78, 5) is 11.4. The third kappa shape index (κ3) is 2.79. The zero-order chi connectivity index (χ0) is 13.0. The Labute approximate surface area is 105 Å². The van der Waals surface area contributed by atoms with Gasteiger partial charge in [-0.05, 0) is 24.5 Å². The fourth-order valence-electron chi connectivity index (χ4n) is 2.06. The number of aliphatic hydroxyl groups excluding tert-OH is 1. The number of benzene rings is 1. The lowest BCUT2D eigenvalue weighted by Gasteiger charge is -2.17. The van der Waals surface area contributed by atoms with E-state index < -0.39 is 0 Å². The Bertz CT molecular complexity index is 433. The molecular formula is C13H17FN2O2. The first-order valence-corrected chi connectivity index (χ1v) is 6.05. The normalized spacial score (nSPS) is 16.1. The van der Waals surface area contributed by atoms with E-state index in [1.54, 1.807) is 12.1 Å². The van der Waals surface area contributed by atoms with Crippen LogP contribution in [0.4, 0.5) is 9.18 Å². The van der Waals surface area contributed by atoms with Gasteiger partial charge in [0, 0.05) is 18.5 Å². The maximum absolute atomic E-state index is 13.7. The second-order valence-electron chi connectivity index (χ2n) is 4.59. The number of hydrogen-bond acceptors (Lipinski definition) is 2. The van der Waals surface area contributed by atoms with E-state index in [1.165, 1.54) is 6.07 Å². The highest BCUT2D eigenvalue weighted by molar-refractivity contribution is 5.74. The van der Waals surface area contributed by atoms with Crippen LogP contribution >= 0.6 is 0 Å². The van der Waals surface area contributed by atoms with E-state index in [9.17, 15) is 9.18 Å². The molecule has 0 bridgehead atoms. The van der Waals surface area contributed by atoms with Crippen molar-refractivity contribution in [2.45, 2.75) is 18.3 Å². The van der Waals surface area contributed by atoms with E-state index in [0.717, 1.165) is 12.8 Å². The van der Waals surface area contributed by atoms with E-state index in [4.69, 9.17) is 5.11 Å². The summed E-state index contributed by atoms with van der Waals surface area (Å²) < 4.78 is 13.7. The molecule has 0 aromatic heterocycles. The molecule has 3 N–H and O–H groups in total. The average molecular weight is 252 g/mol. The average Bonchev–Trinajstić information content (AvgIpc) is 3.15. The van der Waals surface area contributed by atoms with Crippen molar-refractivity contribution in [1.29, 1.82) is 0 Å². The number of urea groups is 1. The van der Waals surface area contributed by atoms with Gasteiger partial charge in [0.05, 0.1) is 6.61 Å². The lowest BCUT2D eigenvalue weighted by Crippen LogP contribution is -2.41. The molecule has 0 radical (unpaired) electrons. The smallest absolute Gasteiger partial charge is 0.314 e. The Balaban J connectivity index is 1.93. The Kier molecular flexibility index (Phi) is 3.81. The van der Waals surface area contributed by atoms with Crippen molar-refractivity contribution in [3.63, 3.8) is 0 Å². The Morgan fingerprint density at radius 1 is 1.33 bits per heavy atom. The molecule has 1 aliphatic rings. The molecule has 1 aromatic rings. The molecule has 0 saturated heterocycles. The van der Waals surface area contributed by atoms with Gasteiger partial charge in [-0.25, -0.2) is 9.18 Å². The van der Waals surface area contributed by atoms with Crippen molar-refractivity contribution in [3.05, 3.63) is 35.6 Å². The standard InChI is InChI=1S/C13H17FN2O2/c14-11-4-2-1-3-10(11)13(5-6-13)9-16-12(18)15-7-8-17/h1-4,17H,5-9H2,(H2,15,16,18). The lowest BCUT2D eigenvalue weighted by atomic mass is 9.95. The minimum atomic E-state index is -0.327. The number of amides is 2. The molecule has 4 nitrogen and oxygen atoms in total. The molecule has 5 heteroatoms. The summed E-state index contributed by atoms with van der Waals surface area (Å²) in [6, 6.07) is 6.36. The summed E-state index contributed by atoms with van der Waals surface area (Å²) in [5.41, 5.74) is 0.425. The molecule has 1 aliphatic carbocycles. The number of halogens is 1. The van der Waals surface area contributed by atoms with Gasteiger partial charge in [0.25, 0.3) is 0 Å². The molecule has 0 unspecified atom stereocenters. The predicted octanol–water partition coefficient (Wildman–Crippen LogP) is 1.15. The van der Waals surface area contributed by atoms with Gasteiger partial charge in [0.2, 0.25) is 0 Å². The minimum absolute atomic E-state index is 0.0914. The topological polar surface area (TPSA) is 61.4 Å². The summed E-state index contributed by atoms with van der Waals surface area (Å²) >= 11 is 0. The van der Waals surface area contributed by atoms with Gasteiger partial charge in [-0.1, -0.05) is 18.2 Å². The van der Waals surface area contributed by atoms with Gasteiger partial charge in [0.1, 0.15) is 5.82 Å². The van der Waals surface area contributed by atoms with Crippen LogP contribution in [-0.4, -0.2) is 30.8 Å². The van der Waals surface area contributed by atoms with Crippen LogP contribution in [0, 0.1) is 5.82 Å². The number of rotatable bonds is 5. The third-order valence-electron chi connectivity index (χ3n) is 3.28. The molecule has 2 rings (SSSR count). The van der Waals surface area contributed by atoms with Gasteiger partial charge in [-0.15, -0.1) is 0 Å². The summed E-state index contributed by atoms with van der Waals surface area (Å²) in [6.45, 7) is 0.551. The minimum Gasteiger partial charge on any atom is -0.395 e. The molecule has 18 heavy (non-hydrogen) atoms. The highest BCUT2D eigenvalue weighted by atomic mass is 19.1. The molecule has 1 aromatic carbocycles. The molecule has 1 saturated carbocycles. The number of carbonyl (C=O) groups excluding carboxylic acids is 1. The van der Waals surface area contributed by atoms with Crippen LogP contribution in [0.3, 0.4) is 0 Å². The number of carbonyl (C=O) groups is 1. The highest BCUT2D eigenvalue weighted by Gasteiger charge is 2.45. The summed E-state index contributed by atoms with van der Waals surface area (Å²) in [5, 5.41) is 13.8. The summed E-state index contributed by atoms with van der Waals surface area (Å²) in [7, 11) is 0. The summed E-state index contributed by atoms with van der Waals surface area (Å²) in [5.74, 6) is -0.215. The van der Waals surface area contributed by atoms with Gasteiger partial charge in [0.15, 0.2) is 0 Å². The monoisotopic (exact) mass is 252 g/mol. The maximum Gasteiger partial charge on any atom is 0.314 e. The Morgan fingerprint density at radius 3 is 2.67 bits per heavy atom. The van der Waals surface area contributed by atoms with Gasteiger partial charge in [-0.3, -0.25) is 0 Å². The first-order valence-electron chi connectivity index (χ1n) is 6.05. The van der Waals surface area contributed by atoms with Crippen molar-refractivity contribution in [1.82, 2.24) is 10.6 Å². The number of hydrogen-bond donors (Lipinski definition) is 3. The Hall–Kier alpha value is -1.62. The van der Waals surface area contributed by atoms with E-state index in [2.05, 4.69) is 10.6 Å². The van der Waals surface area contributed by atoms with Crippen LogP contribution in [-0.2, 0) is 5.41 Å². The third-order valence-corrected chi connectivity index (χ3v) is 3.28. The van der Waals surface area contributed by atoms with Crippen LogP contribution in [0.1, 0.15) is 18.4 Å². The van der Waals surface area contributed by atoms with Crippen LogP contribution in [0.2, 0.25) is 0 Å².